The molecule has 1 heterocycles. The number of rotatable bonds is 3. The monoisotopic (exact) mass is 438 g/mol. The molecule has 0 fully saturated rings. The number of fused-ring (bicyclic) bond motifs is 1. The van der Waals surface area contributed by atoms with Crippen LogP contribution >= 0.6 is 23.4 Å². The van der Waals surface area contributed by atoms with E-state index < -0.39 is 11.7 Å². The van der Waals surface area contributed by atoms with Gasteiger partial charge in [0.05, 0.1) is 11.1 Å². The van der Waals surface area contributed by atoms with E-state index in [2.05, 4.69) is 4.98 Å². The summed E-state index contributed by atoms with van der Waals surface area (Å²) in [7, 11) is 0. The summed E-state index contributed by atoms with van der Waals surface area (Å²) in [4.78, 5) is 4.52. The van der Waals surface area contributed by atoms with Gasteiger partial charge in [0.2, 0.25) is 0 Å². The van der Waals surface area contributed by atoms with Crippen molar-refractivity contribution in [1.82, 2.24) is 4.98 Å². The van der Waals surface area contributed by atoms with Crippen LogP contribution in [0.4, 0.5) is 13.2 Å². The van der Waals surface area contributed by atoms with Crippen LogP contribution in [0, 0.1) is 22.7 Å². The minimum atomic E-state index is -4.60. The van der Waals surface area contributed by atoms with E-state index >= 15 is 0 Å². The molecule has 0 amide bonds. The van der Waals surface area contributed by atoms with Crippen LogP contribution in [0.3, 0.4) is 0 Å². The highest BCUT2D eigenvalue weighted by atomic mass is 35.5. The molecule has 0 spiro atoms. The molecule has 2 nitrogen and oxygen atoms in total. The van der Waals surface area contributed by atoms with Crippen LogP contribution in [-0.4, -0.2) is 4.98 Å². The van der Waals surface area contributed by atoms with Crippen molar-refractivity contribution in [3.05, 3.63) is 57.2 Å². The maximum atomic E-state index is 14.0. The fourth-order valence-corrected chi connectivity index (χ4v) is 5.05. The standard InChI is InChI=1S/C22H22ClF3N2S/c1-21(2,3)14-8-9-18-15(10-14)19(22(24,25)26)16(11-27)20(28-18)29-12-13-6-4-5-7-17(13)23/h4-7,14H,8-10,12H2,1-3H3/t14-/m0/s1. The molecule has 1 aliphatic rings. The number of nitriles is 1. The molecule has 1 aliphatic carbocycles. The smallest absolute Gasteiger partial charge is 0.245 e. The number of nitrogens with zero attached hydrogens (tertiary/aromatic N) is 2. The lowest BCUT2D eigenvalue weighted by molar-refractivity contribution is -0.139. The first kappa shape index (κ1) is 22.0. The van der Waals surface area contributed by atoms with Gasteiger partial charge in [0, 0.05) is 16.5 Å². The second-order valence-electron chi connectivity index (χ2n) is 8.39. The molecule has 2 aromatic rings. The normalized spacial score (nSPS) is 17.0. The van der Waals surface area contributed by atoms with Gasteiger partial charge in [-0.15, -0.1) is 11.8 Å². The zero-order valence-corrected chi connectivity index (χ0v) is 18.1. The van der Waals surface area contributed by atoms with Crippen molar-refractivity contribution in [1.29, 1.82) is 5.26 Å². The molecule has 0 radical (unpaired) electrons. The topological polar surface area (TPSA) is 36.7 Å². The first-order valence-electron chi connectivity index (χ1n) is 9.41. The fraction of sp³-hybridized carbons (Fsp3) is 0.455. The Kier molecular flexibility index (Phi) is 6.21. The molecular formula is C22H22ClF3N2S. The highest BCUT2D eigenvalue weighted by Gasteiger charge is 2.42. The minimum Gasteiger partial charge on any atom is -0.245 e. The highest BCUT2D eigenvalue weighted by Crippen LogP contribution is 2.45. The van der Waals surface area contributed by atoms with Gasteiger partial charge in [-0.3, -0.25) is 0 Å². The fourth-order valence-electron chi connectivity index (χ4n) is 3.76. The number of aromatic nitrogens is 1. The average Bonchev–Trinajstić information content (AvgIpc) is 2.64. The van der Waals surface area contributed by atoms with Gasteiger partial charge in [0.15, 0.2) is 0 Å². The van der Waals surface area contributed by atoms with Crippen molar-refractivity contribution >= 4 is 23.4 Å². The Hall–Kier alpha value is -1.71. The van der Waals surface area contributed by atoms with Crippen molar-refractivity contribution in [2.45, 2.75) is 57.0 Å². The van der Waals surface area contributed by atoms with E-state index in [0.29, 0.717) is 29.3 Å². The summed E-state index contributed by atoms with van der Waals surface area (Å²) in [6.45, 7) is 6.13. The summed E-state index contributed by atoms with van der Waals surface area (Å²) >= 11 is 7.29. The predicted octanol–water partition coefficient (Wildman–Crippen LogP) is 7.07. The van der Waals surface area contributed by atoms with Crippen molar-refractivity contribution < 1.29 is 13.2 Å². The van der Waals surface area contributed by atoms with Crippen LogP contribution in [0.2, 0.25) is 5.02 Å². The zero-order valence-electron chi connectivity index (χ0n) is 16.5. The number of hydrogen-bond donors (Lipinski definition) is 0. The van der Waals surface area contributed by atoms with Crippen molar-refractivity contribution in [3.63, 3.8) is 0 Å². The summed E-state index contributed by atoms with van der Waals surface area (Å²) in [5.74, 6) is 0.466. The molecule has 29 heavy (non-hydrogen) atoms. The van der Waals surface area contributed by atoms with Gasteiger partial charge in [-0.1, -0.05) is 50.6 Å². The Morgan fingerprint density at radius 1 is 1.24 bits per heavy atom. The molecule has 1 atom stereocenters. The Balaban J connectivity index is 2.06. The average molecular weight is 439 g/mol. The van der Waals surface area contributed by atoms with E-state index in [1.807, 2.05) is 32.9 Å². The molecule has 154 valence electrons. The Morgan fingerprint density at radius 3 is 2.52 bits per heavy atom. The molecule has 0 unspecified atom stereocenters. The molecule has 7 heteroatoms. The summed E-state index contributed by atoms with van der Waals surface area (Å²) in [5.41, 5.74) is 0.179. The maximum Gasteiger partial charge on any atom is 0.418 e. The highest BCUT2D eigenvalue weighted by molar-refractivity contribution is 7.98. The number of alkyl halides is 3. The number of pyridine rings is 1. The summed E-state index contributed by atoms with van der Waals surface area (Å²) < 4.78 is 42.1. The van der Waals surface area contributed by atoms with E-state index in [4.69, 9.17) is 11.6 Å². The van der Waals surface area contributed by atoms with Crippen LogP contribution < -0.4 is 0 Å². The number of halogens is 4. The lowest BCUT2D eigenvalue weighted by Gasteiger charge is -2.36. The summed E-state index contributed by atoms with van der Waals surface area (Å²) in [6, 6.07) is 8.95. The van der Waals surface area contributed by atoms with Crippen molar-refractivity contribution in [2.24, 2.45) is 11.3 Å². The molecule has 3 rings (SSSR count). The Labute approximate surface area is 178 Å². The van der Waals surface area contributed by atoms with Crippen LogP contribution in [0.5, 0.6) is 0 Å². The van der Waals surface area contributed by atoms with E-state index in [-0.39, 0.29) is 27.5 Å². The summed E-state index contributed by atoms with van der Waals surface area (Å²) in [6.07, 6.45) is -3.02. The van der Waals surface area contributed by atoms with Gasteiger partial charge >= 0.3 is 6.18 Å². The van der Waals surface area contributed by atoms with Gasteiger partial charge in [-0.25, -0.2) is 4.98 Å². The number of thioether (sulfide) groups is 1. The Bertz CT molecular complexity index is 958. The number of hydrogen-bond acceptors (Lipinski definition) is 3. The molecule has 0 saturated carbocycles. The van der Waals surface area contributed by atoms with Crippen molar-refractivity contribution in [3.8, 4) is 6.07 Å². The number of benzene rings is 1. The van der Waals surface area contributed by atoms with E-state index in [1.165, 1.54) is 0 Å². The van der Waals surface area contributed by atoms with Crippen LogP contribution in [0.1, 0.15) is 55.1 Å². The quantitative estimate of drug-likeness (QED) is 0.481. The van der Waals surface area contributed by atoms with E-state index in [1.54, 1.807) is 18.2 Å². The third-order valence-corrected chi connectivity index (χ3v) is 6.87. The Morgan fingerprint density at radius 2 is 1.93 bits per heavy atom. The zero-order chi connectivity index (χ0) is 21.4. The van der Waals surface area contributed by atoms with E-state index in [0.717, 1.165) is 23.7 Å². The van der Waals surface area contributed by atoms with Gasteiger partial charge < -0.3 is 0 Å². The second kappa shape index (κ2) is 8.20. The molecule has 1 aromatic heterocycles. The molecule has 0 aliphatic heterocycles. The van der Waals surface area contributed by atoms with Gasteiger partial charge in [-0.2, -0.15) is 18.4 Å². The molecular weight excluding hydrogens is 417 g/mol. The molecule has 0 saturated heterocycles. The molecule has 0 N–H and O–H groups in total. The lowest BCUT2D eigenvalue weighted by atomic mass is 9.70. The van der Waals surface area contributed by atoms with Gasteiger partial charge in [0.1, 0.15) is 11.1 Å². The first-order chi connectivity index (χ1) is 13.5. The third-order valence-electron chi connectivity index (χ3n) is 5.47. The van der Waals surface area contributed by atoms with Crippen LogP contribution in [0.15, 0.2) is 29.3 Å². The van der Waals surface area contributed by atoms with E-state index in [9.17, 15) is 18.4 Å². The first-order valence-corrected chi connectivity index (χ1v) is 10.8. The predicted molar refractivity (Wildman–Crippen MR) is 110 cm³/mol. The largest absolute Gasteiger partial charge is 0.418 e. The SMILES string of the molecule is CC(C)(C)[C@H]1CCc2nc(SCc3ccccc3Cl)c(C#N)c(C(F)(F)F)c2C1. The lowest BCUT2D eigenvalue weighted by Crippen LogP contribution is -2.30. The third kappa shape index (κ3) is 4.73. The second-order valence-corrected chi connectivity index (χ2v) is 9.76. The van der Waals surface area contributed by atoms with Crippen molar-refractivity contribution in [2.75, 3.05) is 0 Å². The van der Waals surface area contributed by atoms with Gasteiger partial charge in [0.25, 0.3) is 0 Å². The molecule has 0 bridgehead atoms. The van der Waals surface area contributed by atoms with Crippen LogP contribution in [-0.2, 0) is 24.8 Å². The van der Waals surface area contributed by atoms with Gasteiger partial charge in [-0.05, 0) is 47.8 Å². The maximum absolute atomic E-state index is 14.0. The molecule has 1 aromatic carbocycles. The minimum absolute atomic E-state index is 0.106. The van der Waals surface area contributed by atoms with Crippen LogP contribution in [0.25, 0.3) is 0 Å². The summed E-state index contributed by atoms with van der Waals surface area (Å²) in [5, 5.41) is 10.3. The number of aryl methyl sites for hydroxylation is 1.